The molecule has 0 atom stereocenters. The Labute approximate surface area is 128 Å². The summed E-state index contributed by atoms with van der Waals surface area (Å²) in [5.74, 6) is 1.80. The summed E-state index contributed by atoms with van der Waals surface area (Å²) >= 11 is 0. The second-order valence-electron chi connectivity index (χ2n) is 4.96. The van der Waals surface area contributed by atoms with E-state index in [1.54, 1.807) is 14.2 Å². The summed E-state index contributed by atoms with van der Waals surface area (Å²) in [5.41, 5.74) is 9.08. The van der Waals surface area contributed by atoms with E-state index in [0.717, 1.165) is 16.8 Å². The lowest BCUT2D eigenvalue weighted by Gasteiger charge is -2.18. The Morgan fingerprint density at radius 2 is 1.91 bits per heavy atom. The Morgan fingerprint density at radius 1 is 1.23 bits per heavy atom. The van der Waals surface area contributed by atoms with Crippen LogP contribution in [0.1, 0.15) is 0 Å². The van der Waals surface area contributed by atoms with Gasteiger partial charge in [-0.15, -0.1) is 0 Å². The van der Waals surface area contributed by atoms with Crippen LogP contribution in [0, 0.1) is 11.3 Å². The zero-order chi connectivity index (χ0) is 15.7. The van der Waals surface area contributed by atoms with Crippen LogP contribution in [-0.2, 0) is 0 Å². The molecule has 0 radical (unpaired) electrons. The highest BCUT2D eigenvalue weighted by Crippen LogP contribution is 2.35. The molecule has 1 aromatic rings. The Kier molecular flexibility index (Phi) is 3.39. The van der Waals surface area contributed by atoms with Gasteiger partial charge in [-0.05, 0) is 5.57 Å². The lowest BCUT2D eigenvalue weighted by Crippen LogP contribution is -2.22. The van der Waals surface area contributed by atoms with Crippen molar-refractivity contribution in [1.82, 2.24) is 5.32 Å². The fourth-order valence-electron chi connectivity index (χ4n) is 2.53. The Hall–Kier alpha value is -3.07. The summed E-state index contributed by atoms with van der Waals surface area (Å²) in [6, 6.07) is 7.81. The SMILES string of the molecule is COc1cc(OC)cc(N2C=C3C(=CNC(N)=C3C#N)C2)c1. The normalized spacial score (nSPS) is 16.3. The van der Waals surface area contributed by atoms with Crippen LogP contribution in [0.15, 0.2) is 53.1 Å². The lowest BCUT2D eigenvalue weighted by atomic mass is 10.0. The number of dihydropyridines is 1. The highest BCUT2D eigenvalue weighted by molar-refractivity contribution is 5.69. The van der Waals surface area contributed by atoms with Crippen molar-refractivity contribution in [3.05, 3.63) is 53.1 Å². The molecule has 6 nitrogen and oxygen atoms in total. The fourth-order valence-corrected chi connectivity index (χ4v) is 2.53. The average molecular weight is 296 g/mol. The molecule has 1 aromatic carbocycles. The van der Waals surface area contributed by atoms with E-state index in [-0.39, 0.29) is 0 Å². The van der Waals surface area contributed by atoms with Gasteiger partial charge in [-0.25, -0.2) is 0 Å². The number of anilines is 1. The number of hydrogen-bond acceptors (Lipinski definition) is 6. The fraction of sp³-hybridized carbons (Fsp3) is 0.188. The standard InChI is InChI=1S/C16H16N4O2/c1-21-12-3-11(4-13(5-12)22-2)20-8-10-7-19-16(18)14(6-17)15(10)9-20/h3-5,7,9,19H,8,18H2,1-2H3. The molecular weight excluding hydrogens is 280 g/mol. The molecule has 0 saturated heterocycles. The van der Waals surface area contributed by atoms with Gasteiger partial charge in [0.1, 0.15) is 29.0 Å². The number of rotatable bonds is 3. The van der Waals surface area contributed by atoms with Gasteiger partial charge in [0.2, 0.25) is 0 Å². The second kappa shape index (κ2) is 5.37. The minimum atomic E-state index is 0.377. The Bertz CT molecular complexity index is 734. The maximum atomic E-state index is 9.28. The topological polar surface area (TPSA) is 83.5 Å². The number of methoxy groups -OCH3 is 2. The number of allylic oxidation sites excluding steroid dienone is 1. The number of nitrogens with two attached hydrogens (primary N) is 1. The molecule has 2 heterocycles. The van der Waals surface area contributed by atoms with Crippen molar-refractivity contribution in [2.45, 2.75) is 0 Å². The van der Waals surface area contributed by atoms with Crippen LogP contribution in [0.2, 0.25) is 0 Å². The van der Waals surface area contributed by atoms with E-state index in [4.69, 9.17) is 15.2 Å². The van der Waals surface area contributed by atoms with Gasteiger partial charge in [-0.3, -0.25) is 0 Å². The number of nitriles is 1. The molecule has 0 amide bonds. The van der Waals surface area contributed by atoms with E-state index in [1.165, 1.54) is 0 Å². The molecular formula is C16H16N4O2. The van der Waals surface area contributed by atoms with Gasteiger partial charge < -0.3 is 25.4 Å². The average Bonchev–Trinajstić information content (AvgIpc) is 2.98. The van der Waals surface area contributed by atoms with E-state index >= 15 is 0 Å². The van der Waals surface area contributed by atoms with E-state index in [1.807, 2.05) is 35.5 Å². The first kappa shape index (κ1) is 13.9. The Balaban J connectivity index is 2.01. The summed E-state index contributed by atoms with van der Waals surface area (Å²) in [6.45, 7) is 0.650. The number of benzene rings is 1. The molecule has 3 N–H and O–H groups in total. The maximum Gasteiger partial charge on any atom is 0.124 e. The van der Waals surface area contributed by atoms with Crippen molar-refractivity contribution in [1.29, 1.82) is 5.26 Å². The van der Waals surface area contributed by atoms with Gasteiger partial charge in [-0.1, -0.05) is 0 Å². The Morgan fingerprint density at radius 3 is 2.50 bits per heavy atom. The van der Waals surface area contributed by atoms with Gasteiger partial charge >= 0.3 is 0 Å². The molecule has 3 rings (SSSR count). The number of hydrogen-bond donors (Lipinski definition) is 2. The van der Waals surface area contributed by atoms with Crippen molar-refractivity contribution in [2.24, 2.45) is 5.73 Å². The van der Waals surface area contributed by atoms with Crippen LogP contribution in [0.25, 0.3) is 0 Å². The predicted molar refractivity (Wildman–Crippen MR) is 83.0 cm³/mol. The number of nitrogens with one attached hydrogen (secondary N) is 1. The predicted octanol–water partition coefficient (Wildman–Crippen LogP) is 1.59. The summed E-state index contributed by atoms with van der Waals surface area (Å²) in [6.07, 6.45) is 3.76. The molecule has 112 valence electrons. The number of nitrogens with zero attached hydrogens (tertiary/aromatic N) is 2. The van der Waals surface area contributed by atoms with Crippen molar-refractivity contribution >= 4 is 5.69 Å². The van der Waals surface area contributed by atoms with Gasteiger partial charge in [-0.2, -0.15) is 5.26 Å². The number of fused-ring (bicyclic) bond motifs is 1. The molecule has 0 spiro atoms. The molecule has 6 heteroatoms. The summed E-state index contributed by atoms with van der Waals surface area (Å²) in [5, 5.41) is 12.2. The van der Waals surface area contributed by atoms with Gasteiger partial charge in [0.15, 0.2) is 0 Å². The molecule has 0 bridgehead atoms. The minimum absolute atomic E-state index is 0.377. The monoisotopic (exact) mass is 296 g/mol. The largest absolute Gasteiger partial charge is 0.497 e. The maximum absolute atomic E-state index is 9.28. The van der Waals surface area contributed by atoms with Crippen molar-refractivity contribution in [3.63, 3.8) is 0 Å². The summed E-state index contributed by atoms with van der Waals surface area (Å²) in [7, 11) is 3.23. The second-order valence-corrected chi connectivity index (χ2v) is 4.96. The molecule has 0 saturated carbocycles. The third kappa shape index (κ3) is 2.23. The molecule has 0 unspecified atom stereocenters. The van der Waals surface area contributed by atoms with Crippen LogP contribution in [-0.4, -0.2) is 20.8 Å². The van der Waals surface area contributed by atoms with E-state index in [2.05, 4.69) is 11.4 Å². The number of ether oxygens (including phenoxy) is 2. The van der Waals surface area contributed by atoms with E-state index in [0.29, 0.717) is 29.4 Å². The molecule has 2 aliphatic rings. The van der Waals surface area contributed by atoms with E-state index in [9.17, 15) is 5.26 Å². The zero-order valence-electron chi connectivity index (χ0n) is 12.4. The van der Waals surface area contributed by atoms with Gasteiger partial charge in [0.25, 0.3) is 0 Å². The molecule has 2 aliphatic heterocycles. The smallest absolute Gasteiger partial charge is 0.124 e. The summed E-state index contributed by atoms with van der Waals surface area (Å²) < 4.78 is 10.6. The first-order valence-corrected chi connectivity index (χ1v) is 6.74. The van der Waals surface area contributed by atoms with Crippen LogP contribution < -0.4 is 25.4 Å². The molecule has 0 aliphatic carbocycles. The van der Waals surface area contributed by atoms with Crippen LogP contribution in [0.4, 0.5) is 5.69 Å². The van der Waals surface area contributed by atoms with Gasteiger partial charge in [0, 0.05) is 48.4 Å². The first-order valence-electron chi connectivity index (χ1n) is 6.74. The van der Waals surface area contributed by atoms with Gasteiger partial charge in [0.05, 0.1) is 14.2 Å². The molecule has 0 fully saturated rings. The van der Waals surface area contributed by atoms with Crippen molar-refractivity contribution in [2.75, 3.05) is 25.7 Å². The first-order chi connectivity index (χ1) is 10.7. The zero-order valence-corrected chi connectivity index (χ0v) is 12.4. The minimum Gasteiger partial charge on any atom is -0.497 e. The molecule has 0 aromatic heterocycles. The molecule has 22 heavy (non-hydrogen) atoms. The van der Waals surface area contributed by atoms with Crippen LogP contribution in [0.5, 0.6) is 11.5 Å². The highest BCUT2D eigenvalue weighted by atomic mass is 16.5. The highest BCUT2D eigenvalue weighted by Gasteiger charge is 2.27. The van der Waals surface area contributed by atoms with Crippen molar-refractivity contribution in [3.8, 4) is 17.6 Å². The van der Waals surface area contributed by atoms with E-state index < -0.39 is 0 Å². The van der Waals surface area contributed by atoms with Crippen LogP contribution >= 0.6 is 0 Å². The van der Waals surface area contributed by atoms with Crippen molar-refractivity contribution < 1.29 is 9.47 Å². The quantitative estimate of drug-likeness (QED) is 0.881. The lowest BCUT2D eigenvalue weighted by molar-refractivity contribution is 0.394. The third-order valence-electron chi connectivity index (χ3n) is 3.69. The third-order valence-corrected chi connectivity index (χ3v) is 3.69. The van der Waals surface area contributed by atoms with Crippen LogP contribution in [0.3, 0.4) is 0 Å². The summed E-state index contributed by atoms with van der Waals surface area (Å²) in [4.78, 5) is 2.03.